The third-order valence-electron chi connectivity index (χ3n) is 11.0. The molecule has 0 aliphatic carbocycles. The molecule has 9 heteroatoms. The standard InChI is InChI=1S/C44H72O8S/c1-30(16-12-11-13-17-32(3)41(51-9)19-15-14-18-37(8)44(49,50)42(48)29-45)24-33(4)34(5)27-40(47)36(7)26-35(6)39(46)21-20-31(2)25-38-22-23-53-43(28-38)52-10/h11-13,16-17,26,29-31,33,35,37-38,40-41,43,47,49-50H,5,14-15,18-25,27-28H2,1-4,6-10H3/b13-11+,16-12+,32-17+,36-26+/t30-,31+,33-,35-,37-,38+,40+,41?,43+/m1/s1. The Morgan fingerprint density at radius 1 is 0.981 bits per heavy atom. The molecule has 53 heavy (non-hydrogen) atoms. The van der Waals surface area contributed by atoms with Gasteiger partial charge >= 0.3 is 0 Å². The zero-order chi connectivity index (χ0) is 40.1. The SMILES string of the molecule is C=C(C[C@H](O)/C(C)=C/[C@@H](C)C(=O)CC[C@H](C)C[C@@H]1CCS[C@H](OC)C1)[C@H](C)C[C@H](C)/C=C/C=C/C=C(\C)C(CCCC[C@@H](C)C(O)(O)C(=O)C=O)OC. The van der Waals surface area contributed by atoms with E-state index in [1.807, 2.05) is 62.9 Å². The lowest BCUT2D eigenvalue weighted by Gasteiger charge is -2.29. The second-order valence-corrected chi connectivity index (χ2v) is 17.0. The lowest BCUT2D eigenvalue weighted by Crippen LogP contribution is -2.45. The Kier molecular flexibility index (Phi) is 23.8. The number of rotatable bonds is 27. The molecule has 1 aliphatic heterocycles. The highest BCUT2D eigenvalue weighted by atomic mass is 32.2. The monoisotopic (exact) mass is 760 g/mol. The van der Waals surface area contributed by atoms with Crippen molar-refractivity contribution in [3.63, 3.8) is 0 Å². The smallest absolute Gasteiger partial charge is 0.254 e. The largest absolute Gasteiger partial charge is 0.388 e. The van der Waals surface area contributed by atoms with E-state index in [1.54, 1.807) is 21.1 Å². The van der Waals surface area contributed by atoms with Crippen LogP contribution in [0, 0.1) is 35.5 Å². The number of aldehydes is 1. The Bertz CT molecular complexity index is 1250. The number of hydrogen-bond donors (Lipinski definition) is 3. The van der Waals surface area contributed by atoms with Gasteiger partial charge in [0.2, 0.25) is 5.79 Å². The second kappa shape index (κ2) is 25.8. The van der Waals surface area contributed by atoms with Gasteiger partial charge in [-0.1, -0.05) is 96.1 Å². The first-order valence-corrected chi connectivity index (χ1v) is 20.7. The van der Waals surface area contributed by atoms with E-state index in [-0.39, 0.29) is 30.0 Å². The molecule has 0 aromatic carbocycles. The van der Waals surface area contributed by atoms with Crippen LogP contribution in [-0.4, -0.2) is 76.6 Å². The number of thioether (sulfide) groups is 1. The number of unbranched alkanes of at least 4 members (excludes halogenated alkanes) is 1. The molecule has 1 aliphatic rings. The van der Waals surface area contributed by atoms with Crippen molar-refractivity contribution in [1.82, 2.24) is 0 Å². The van der Waals surface area contributed by atoms with Gasteiger partial charge in [-0.25, -0.2) is 0 Å². The normalized spacial score (nSPS) is 21.6. The minimum absolute atomic E-state index is 0.0499. The predicted molar refractivity (Wildman–Crippen MR) is 218 cm³/mol. The summed E-state index contributed by atoms with van der Waals surface area (Å²) in [4.78, 5) is 35.0. The summed E-state index contributed by atoms with van der Waals surface area (Å²) in [5, 5.41) is 30.7. The first-order chi connectivity index (χ1) is 25.0. The Balaban J connectivity index is 2.47. The number of ether oxygens (including phenoxy) is 2. The van der Waals surface area contributed by atoms with Gasteiger partial charge in [0.15, 0.2) is 6.29 Å². The zero-order valence-electron chi connectivity index (χ0n) is 34.2. The molecule has 1 saturated heterocycles. The summed E-state index contributed by atoms with van der Waals surface area (Å²) in [6.07, 6.45) is 20.3. The van der Waals surface area contributed by atoms with Crippen molar-refractivity contribution in [1.29, 1.82) is 0 Å². The molecule has 0 amide bonds. The van der Waals surface area contributed by atoms with E-state index in [2.05, 4.69) is 33.4 Å². The summed E-state index contributed by atoms with van der Waals surface area (Å²) in [7, 11) is 3.46. The number of carbonyl (C=O) groups is 3. The third kappa shape index (κ3) is 18.8. The van der Waals surface area contributed by atoms with Crippen LogP contribution in [0.15, 0.2) is 59.8 Å². The lowest BCUT2D eigenvalue weighted by molar-refractivity contribution is -0.200. The summed E-state index contributed by atoms with van der Waals surface area (Å²) < 4.78 is 11.2. The van der Waals surface area contributed by atoms with Gasteiger partial charge in [-0.05, 0) is 106 Å². The van der Waals surface area contributed by atoms with Gasteiger partial charge in [0.05, 0.1) is 12.2 Å². The maximum Gasteiger partial charge on any atom is 0.254 e. The number of hydrogen-bond acceptors (Lipinski definition) is 9. The Hall–Kier alpha value is -2.14. The number of Topliss-reactive ketones (excluding diaryl/α,β-unsaturated/α-hetero) is 2. The summed E-state index contributed by atoms with van der Waals surface area (Å²) >= 11 is 1.90. The number of methoxy groups -OCH3 is 2. The summed E-state index contributed by atoms with van der Waals surface area (Å²) in [5.41, 5.74) is 3.21. The molecule has 0 aromatic rings. The molecule has 9 atom stereocenters. The minimum Gasteiger partial charge on any atom is -0.388 e. The fourth-order valence-corrected chi connectivity index (χ4v) is 8.27. The van der Waals surface area contributed by atoms with Crippen LogP contribution in [0.3, 0.4) is 0 Å². The first-order valence-electron chi connectivity index (χ1n) is 19.7. The summed E-state index contributed by atoms with van der Waals surface area (Å²) in [6.45, 7) is 18.3. The van der Waals surface area contributed by atoms with E-state index in [0.717, 1.165) is 61.0 Å². The van der Waals surface area contributed by atoms with Crippen LogP contribution in [0.4, 0.5) is 0 Å². The fraction of sp³-hybridized carbons (Fsp3) is 0.705. The summed E-state index contributed by atoms with van der Waals surface area (Å²) in [5.74, 6) is -1.68. The van der Waals surface area contributed by atoms with Crippen molar-refractivity contribution in [2.24, 2.45) is 35.5 Å². The van der Waals surface area contributed by atoms with Gasteiger partial charge in [0.25, 0.3) is 5.78 Å². The summed E-state index contributed by atoms with van der Waals surface area (Å²) in [6, 6.07) is 0. The number of aliphatic hydroxyl groups is 3. The Labute approximate surface area is 325 Å². The number of carbonyl (C=O) groups excluding carboxylic acids is 3. The highest BCUT2D eigenvalue weighted by molar-refractivity contribution is 7.99. The van der Waals surface area contributed by atoms with E-state index < -0.39 is 23.6 Å². The number of ketones is 2. The van der Waals surface area contributed by atoms with Crippen molar-refractivity contribution in [2.45, 2.75) is 143 Å². The van der Waals surface area contributed by atoms with Gasteiger partial charge in [0, 0.05) is 32.5 Å². The van der Waals surface area contributed by atoms with Crippen molar-refractivity contribution < 1.29 is 39.2 Å². The van der Waals surface area contributed by atoms with Crippen LogP contribution in [0.5, 0.6) is 0 Å². The molecule has 0 bridgehead atoms. The average molecular weight is 761 g/mol. The van der Waals surface area contributed by atoms with Crippen LogP contribution in [0.25, 0.3) is 0 Å². The molecule has 1 rings (SSSR count). The van der Waals surface area contributed by atoms with Crippen LogP contribution < -0.4 is 0 Å². The molecule has 3 N–H and O–H groups in total. The number of allylic oxidation sites excluding steroid dienone is 6. The molecule has 0 radical (unpaired) electrons. The van der Waals surface area contributed by atoms with Crippen molar-refractivity contribution in [3.8, 4) is 0 Å². The molecule has 8 nitrogen and oxygen atoms in total. The van der Waals surface area contributed by atoms with Gasteiger partial charge in [-0.3, -0.25) is 14.4 Å². The molecule has 0 aromatic heterocycles. The second-order valence-electron chi connectivity index (χ2n) is 15.8. The van der Waals surface area contributed by atoms with E-state index in [9.17, 15) is 29.7 Å². The predicted octanol–water partition coefficient (Wildman–Crippen LogP) is 8.75. The highest BCUT2D eigenvalue weighted by Crippen LogP contribution is 2.35. The zero-order valence-corrected chi connectivity index (χ0v) is 35.0. The van der Waals surface area contributed by atoms with E-state index in [0.29, 0.717) is 48.9 Å². The van der Waals surface area contributed by atoms with E-state index in [1.165, 1.54) is 6.42 Å². The topological polar surface area (TPSA) is 130 Å². The average Bonchev–Trinajstić information content (AvgIpc) is 3.12. The van der Waals surface area contributed by atoms with Gasteiger partial charge in [-0.2, -0.15) is 0 Å². The first kappa shape index (κ1) is 48.9. The van der Waals surface area contributed by atoms with E-state index in [4.69, 9.17) is 9.47 Å². The molecular weight excluding hydrogens is 689 g/mol. The molecule has 1 heterocycles. The molecule has 1 unspecified atom stereocenters. The van der Waals surface area contributed by atoms with Gasteiger partial charge < -0.3 is 24.8 Å². The van der Waals surface area contributed by atoms with E-state index >= 15 is 0 Å². The highest BCUT2D eigenvalue weighted by Gasteiger charge is 2.38. The van der Waals surface area contributed by atoms with Gasteiger partial charge in [0.1, 0.15) is 11.2 Å². The maximum absolute atomic E-state index is 13.0. The molecule has 0 saturated carbocycles. The van der Waals surface area contributed by atoms with Crippen LogP contribution in [-0.2, 0) is 23.9 Å². The van der Waals surface area contributed by atoms with Crippen LogP contribution in [0.1, 0.15) is 119 Å². The fourth-order valence-electron chi connectivity index (χ4n) is 6.99. The number of aliphatic hydroxyl groups excluding tert-OH is 1. The van der Waals surface area contributed by atoms with Crippen molar-refractivity contribution >= 4 is 29.6 Å². The quantitative estimate of drug-likeness (QED) is 0.0188. The van der Waals surface area contributed by atoms with Crippen LogP contribution >= 0.6 is 11.8 Å². The Morgan fingerprint density at radius 2 is 1.66 bits per heavy atom. The lowest BCUT2D eigenvalue weighted by atomic mass is 9.86. The minimum atomic E-state index is -2.62. The Morgan fingerprint density at radius 3 is 2.30 bits per heavy atom. The third-order valence-corrected chi connectivity index (χ3v) is 12.2. The molecule has 0 spiro atoms. The van der Waals surface area contributed by atoms with Crippen molar-refractivity contribution in [2.75, 3.05) is 20.0 Å². The van der Waals surface area contributed by atoms with Gasteiger partial charge in [-0.15, -0.1) is 11.8 Å². The van der Waals surface area contributed by atoms with Crippen molar-refractivity contribution in [3.05, 3.63) is 59.8 Å². The maximum atomic E-state index is 13.0. The van der Waals surface area contributed by atoms with Crippen LogP contribution in [0.2, 0.25) is 0 Å². The molecular formula is C44H72O8S. The molecule has 1 fully saturated rings. The molecule has 302 valence electrons.